The van der Waals surface area contributed by atoms with Gasteiger partial charge in [-0.3, -0.25) is 9.59 Å². The molecule has 0 saturated carbocycles. The van der Waals surface area contributed by atoms with Crippen LogP contribution < -0.4 is 16.0 Å². The fourth-order valence-electron chi connectivity index (χ4n) is 3.93. The molecule has 0 aromatic heterocycles. The van der Waals surface area contributed by atoms with E-state index in [1.54, 1.807) is 0 Å². The fraction of sp³-hybridized carbons (Fsp3) is 0.417. The molecule has 0 saturated heterocycles. The Morgan fingerprint density at radius 1 is 0.804 bits per heavy atom. The van der Waals surface area contributed by atoms with Gasteiger partial charge in [-0.25, -0.2) is 4.79 Å². The summed E-state index contributed by atoms with van der Waals surface area (Å²) in [4.78, 5) is 46.4. The van der Waals surface area contributed by atoms with Crippen molar-refractivity contribution in [3.8, 4) is 5.75 Å². The Morgan fingerprint density at radius 2 is 1.35 bits per heavy atom. The van der Waals surface area contributed by atoms with Crippen LogP contribution in [-0.2, 0) is 9.53 Å². The van der Waals surface area contributed by atoms with Crippen molar-refractivity contribution in [1.82, 2.24) is 10.6 Å². The second kappa shape index (κ2) is 26.8. The third kappa shape index (κ3) is 19.7. The van der Waals surface area contributed by atoms with E-state index in [9.17, 15) is 24.4 Å². The maximum Gasteiger partial charge on any atom is 0.320 e. The highest BCUT2D eigenvalue weighted by atomic mass is 16.5. The van der Waals surface area contributed by atoms with Crippen LogP contribution >= 0.6 is 0 Å². The number of urea groups is 1. The molecule has 1 atom stereocenters. The van der Waals surface area contributed by atoms with Crippen molar-refractivity contribution in [2.24, 2.45) is 5.18 Å². The Bertz CT molecular complexity index is 1230. The van der Waals surface area contributed by atoms with Gasteiger partial charge in [0.05, 0.1) is 5.56 Å². The third-order valence-corrected chi connectivity index (χ3v) is 6.37. The van der Waals surface area contributed by atoms with E-state index < -0.39 is 23.8 Å². The number of carbonyl (C=O) groups excluding carboxylic acids is 3. The lowest BCUT2D eigenvalue weighted by Gasteiger charge is -2.16. The maximum atomic E-state index is 12.4. The van der Waals surface area contributed by atoms with E-state index in [1.807, 2.05) is 6.92 Å². The number of ether oxygens (including phenoxy) is 1. The average Bonchev–Trinajstić information content (AvgIpc) is 3.06. The van der Waals surface area contributed by atoms with Gasteiger partial charge in [-0.1, -0.05) is 86.8 Å². The molecule has 0 bridgehead atoms. The smallest absolute Gasteiger partial charge is 0.320 e. The molecule has 250 valence electrons. The first-order chi connectivity index (χ1) is 22.4. The number of amides is 4. The quantitative estimate of drug-likeness (QED) is 0.0418. The van der Waals surface area contributed by atoms with Gasteiger partial charge in [0, 0.05) is 30.6 Å². The number of phenols is 1. The first kappa shape index (κ1) is 39.5. The Morgan fingerprint density at radius 3 is 1.89 bits per heavy atom. The SMILES string of the molecule is CC/C=C\C/C=C\C/C=C\C/C=C\C/C=C\C/C=C\CCCOC(CC)C(=O)NCCNC(=O)Nc1ccc(O)c(C(=O)N=O)c1. The second-order valence-electron chi connectivity index (χ2n) is 10.1. The van der Waals surface area contributed by atoms with Crippen LogP contribution in [0.4, 0.5) is 10.5 Å². The summed E-state index contributed by atoms with van der Waals surface area (Å²) in [5.74, 6) is -1.81. The summed E-state index contributed by atoms with van der Waals surface area (Å²) >= 11 is 0. The molecule has 0 radical (unpaired) electrons. The van der Waals surface area contributed by atoms with Crippen LogP contribution in [0.2, 0.25) is 0 Å². The summed E-state index contributed by atoms with van der Waals surface area (Å²) in [6.45, 7) is 4.82. The highest BCUT2D eigenvalue weighted by Gasteiger charge is 2.16. The van der Waals surface area contributed by atoms with Crippen molar-refractivity contribution in [1.29, 1.82) is 0 Å². The average molecular weight is 635 g/mol. The van der Waals surface area contributed by atoms with Crippen molar-refractivity contribution in [2.45, 2.75) is 77.7 Å². The van der Waals surface area contributed by atoms with Crippen LogP contribution in [0.5, 0.6) is 5.75 Å². The predicted octanol–water partition coefficient (Wildman–Crippen LogP) is 7.81. The highest BCUT2D eigenvalue weighted by molar-refractivity contribution is 5.99. The number of carbonyl (C=O) groups is 3. The number of unbranched alkanes of at least 4 members (excludes halogenated alkanes) is 1. The first-order valence-corrected chi connectivity index (χ1v) is 16.0. The van der Waals surface area contributed by atoms with Crippen molar-refractivity contribution >= 4 is 23.5 Å². The molecule has 0 aliphatic carbocycles. The van der Waals surface area contributed by atoms with Crippen LogP contribution in [-0.4, -0.2) is 48.8 Å². The molecule has 1 rings (SSSR count). The molecule has 1 aromatic rings. The number of rotatable bonds is 23. The van der Waals surface area contributed by atoms with Gasteiger partial charge in [0.25, 0.3) is 0 Å². The summed E-state index contributed by atoms with van der Waals surface area (Å²) in [6, 6.07) is 3.09. The number of allylic oxidation sites excluding steroid dienone is 12. The van der Waals surface area contributed by atoms with E-state index in [4.69, 9.17) is 4.74 Å². The molecule has 0 heterocycles. The van der Waals surface area contributed by atoms with E-state index in [1.165, 1.54) is 12.1 Å². The zero-order valence-electron chi connectivity index (χ0n) is 27.2. The number of nitroso groups, excluding NO2 is 1. The largest absolute Gasteiger partial charge is 0.507 e. The molecule has 10 nitrogen and oxygen atoms in total. The third-order valence-electron chi connectivity index (χ3n) is 6.37. The summed E-state index contributed by atoms with van der Waals surface area (Å²) in [7, 11) is 0. The van der Waals surface area contributed by atoms with Crippen LogP contribution in [0.1, 0.15) is 82.0 Å². The number of nitrogens with zero attached hydrogens (tertiary/aromatic N) is 1. The lowest BCUT2D eigenvalue weighted by molar-refractivity contribution is -0.133. The molecular formula is C36H50N4O6. The Kier molecular flexibility index (Phi) is 23.0. The Balaban J connectivity index is 2.12. The van der Waals surface area contributed by atoms with E-state index in [2.05, 4.69) is 101 Å². The minimum absolute atomic E-state index is 0.149. The number of anilines is 1. The maximum absolute atomic E-state index is 12.4. The zero-order valence-corrected chi connectivity index (χ0v) is 27.2. The number of benzene rings is 1. The number of nitrogens with one attached hydrogen (secondary N) is 3. The summed E-state index contributed by atoms with van der Waals surface area (Å²) in [5.41, 5.74) is -0.127. The van der Waals surface area contributed by atoms with Gasteiger partial charge in [-0.15, -0.1) is 4.91 Å². The van der Waals surface area contributed by atoms with Crippen LogP contribution in [0, 0.1) is 4.91 Å². The topological polar surface area (TPSA) is 146 Å². The molecule has 1 unspecified atom stereocenters. The van der Waals surface area contributed by atoms with Crippen molar-refractivity contribution < 1.29 is 24.2 Å². The number of hydrogen-bond donors (Lipinski definition) is 4. The standard InChI is InChI=1S/C36H50N4O6/c1-3-5-6-7-8-9-10-11-12-13-14-15-16-17-18-19-20-21-22-23-28-46-33(4-2)35(43)37-26-27-38-36(44)39-30-24-25-32(41)31(29-30)34(42)40-45/h5-6,8-9,11-12,14-15,17-18,20-21,24-25,29,33,41H,3-4,7,10,13,16,19,22-23,26-28H2,1-2H3,(H,37,43)(H2,38,39,44)/b6-5-,9-8-,12-11-,15-14-,18-17-,21-20-. The van der Waals surface area contributed by atoms with Gasteiger partial charge in [0.1, 0.15) is 11.9 Å². The van der Waals surface area contributed by atoms with Crippen molar-refractivity contribution in [3.05, 3.63) is 102 Å². The van der Waals surface area contributed by atoms with Crippen LogP contribution in [0.3, 0.4) is 0 Å². The molecule has 0 aliphatic heterocycles. The van der Waals surface area contributed by atoms with Crippen molar-refractivity contribution in [2.75, 3.05) is 25.0 Å². The van der Waals surface area contributed by atoms with Gasteiger partial charge >= 0.3 is 11.9 Å². The second-order valence-corrected chi connectivity index (χ2v) is 10.1. The van der Waals surface area contributed by atoms with E-state index in [-0.39, 0.29) is 30.2 Å². The normalized spacial score (nSPS) is 12.7. The number of hydrogen-bond acceptors (Lipinski definition) is 6. The monoisotopic (exact) mass is 634 g/mol. The van der Waals surface area contributed by atoms with Gasteiger partial charge in [0.15, 0.2) is 0 Å². The Hall–Kier alpha value is -4.57. The van der Waals surface area contributed by atoms with Gasteiger partial charge in [-0.2, -0.15) is 0 Å². The van der Waals surface area contributed by atoms with E-state index in [0.717, 1.165) is 57.4 Å². The molecule has 46 heavy (non-hydrogen) atoms. The predicted molar refractivity (Wildman–Crippen MR) is 186 cm³/mol. The minimum Gasteiger partial charge on any atom is -0.507 e. The summed E-state index contributed by atoms with van der Waals surface area (Å²) < 4.78 is 5.74. The molecule has 0 fully saturated rings. The Labute approximate surface area is 273 Å². The lowest BCUT2D eigenvalue weighted by atomic mass is 10.1. The van der Waals surface area contributed by atoms with Crippen molar-refractivity contribution in [3.63, 3.8) is 0 Å². The molecule has 0 spiro atoms. The number of phenolic OH excluding ortho intramolecular Hbond substituents is 1. The zero-order chi connectivity index (χ0) is 33.7. The van der Waals surface area contributed by atoms with Crippen LogP contribution in [0.25, 0.3) is 0 Å². The van der Waals surface area contributed by atoms with Crippen LogP contribution in [0.15, 0.2) is 96.3 Å². The fourth-order valence-corrected chi connectivity index (χ4v) is 3.93. The van der Waals surface area contributed by atoms with E-state index >= 15 is 0 Å². The highest BCUT2D eigenvalue weighted by Crippen LogP contribution is 2.22. The molecule has 4 amide bonds. The van der Waals surface area contributed by atoms with Gasteiger partial charge in [-0.05, 0) is 76.0 Å². The lowest BCUT2D eigenvalue weighted by Crippen LogP contribution is -2.41. The van der Waals surface area contributed by atoms with Gasteiger partial charge in [0.2, 0.25) is 5.91 Å². The van der Waals surface area contributed by atoms with E-state index in [0.29, 0.717) is 13.0 Å². The first-order valence-electron chi connectivity index (χ1n) is 16.0. The molecule has 10 heteroatoms. The number of aromatic hydroxyl groups is 1. The minimum atomic E-state index is -1.15. The summed E-state index contributed by atoms with van der Waals surface area (Å²) in [6.07, 6.45) is 33.5. The molecule has 1 aromatic carbocycles. The van der Waals surface area contributed by atoms with Gasteiger partial charge < -0.3 is 25.8 Å². The summed E-state index contributed by atoms with van der Waals surface area (Å²) in [5, 5.41) is 19.7. The molecule has 0 aliphatic rings. The molecule has 4 N–H and O–H groups in total. The molecular weight excluding hydrogens is 584 g/mol.